The topological polar surface area (TPSA) is 80.9 Å². The molecule has 6 heteroatoms. The van der Waals surface area contributed by atoms with Crippen molar-refractivity contribution in [3.63, 3.8) is 0 Å². The molecule has 0 fully saturated rings. The highest BCUT2D eigenvalue weighted by Gasteiger charge is 2.07. The van der Waals surface area contributed by atoms with E-state index < -0.39 is 0 Å². The number of amides is 1. The lowest BCUT2D eigenvalue weighted by Crippen LogP contribution is -2.10. The fourth-order valence-electron chi connectivity index (χ4n) is 1.18. The van der Waals surface area contributed by atoms with Crippen molar-refractivity contribution in [2.75, 3.05) is 11.9 Å². The Kier molecular flexibility index (Phi) is 5.95. The summed E-state index contributed by atoms with van der Waals surface area (Å²) in [6, 6.07) is 0. The summed E-state index contributed by atoms with van der Waals surface area (Å²) in [5.74, 6) is 0.0170. The number of carbonyl (C=O) groups excluding carboxylic acids is 1. The number of nitrogens with zero attached hydrogens (tertiary/aromatic N) is 2. The van der Waals surface area contributed by atoms with Crippen molar-refractivity contribution in [3.05, 3.63) is 5.01 Å². The number of hydrogen-bond donors (Lipinski definition) is 2. The van der Waals surface area contributed by atoms with Crippen molar-refractivity contribution < 1.29 is 4.79 Å². The van der Waals surface area contributed by atoms with Gasteiger partial charge in [-0.05, 0) is 19.4 Å². The van der Waals surface area contributed by atoms with Gasteiger partial charge in [0, 0.05) is 12.8 Å². The lowest BCUT2D eigenvalue weighted by molar-refractivity contribution is -0.116. The molecular formula is C10H18N4OS. The van der Waals surface area contributed by atoms with E-state index in [1.165, 1.54) is 11.3 Å². The molecule has 0 saturated carbocycles. The smallest absolute Gasteiger partial charge is 0.226 e. The highest BCUT2D eigenvalue weighted by molar-refractivity contribution is 7.15. The zero-order chi connectivity index (χ0) is 11.8. The molecule has 0 saturated heterocycles. The standard InChI is InChI=1S/C10H18N4OS/c1-2-3-5-8(15)12-10-14-13-9(16-10)6-4-7-11/h2-7,11H2,1H3,(H,12,14,15). The summed E-state index contributed by atoms with van der Waals surface area (Å²) in [6.07, 6.45) is 4.21. The lowest BCUT2D eigenvalue weighted by atomic mass is 10.2. The number of rotatable bonds is 7. The Morgan fingerprint density at radius 3 is 2.94 bits per heavy atom. The highest BCUT2D eigenvalue weighted by atomic mass is 32.1. The Balaban J connectivity index is 2.36. The van der Waals surface area contributed by atoms with Gasteiger partial charge in [-0.25, -0.2) is 0 Å². The molecular weight excluding hydrogens is 224 g/mol. The molecule has 0 aliphatic rings. The monoisotopic (exact) mass is 242 g/mol. The minimum Gasteiger partial charge on any atom is -0.330 e. The van der Waals surface area contributed by atoms with E-state index in [9.17, 15) is 4.79 Å². The predicted octanol–water partition coefficient (Wildman–Crippen LogP) is 1.56. The maximum Gasteiger partial charge on any atom is 0.226 e. The Hall–Kier alpha value is -1.01. The molecule has 1 aromatic rings. The zero-order valence-corrected chi connectivity index (χ0v) is 10.3. The quantitative estimate of drug-likeness (QED) is 0.760. The highest BCUT2D eigenvalue weighted by Crippen LogP contribution is 2.16. The Morgan fingerprint density at radius 2 is 2.25 bits per heavy atom. The van der Waals surface area contributed by atoms with Gasteiger partial charge in [0.25, 0.3) is 0 Å². The van der Waals surface area contributed by atoms with Gasteiger partial charge in [-0.1, -0.05) is 24.7 Å². The van der Waals surface area contributed by atoms with Crippen LogP contribution in [-0.4, -0.2) is 22.6 Å². The van der Waals surface area contributed by atoms with Gasteiger partial charge in [-0.15, -0.1) is 10.2 Å². The molecule has 1 amide bonds. The number of aromatic nitrogens is 2. The van der Waals surface area contributed by atoms with Crippen LogP contribution >= 0.6 is 11.3 Å². The third-order valence-electron chi connectivity index (χ3n) is 2.07. The second-order valence-corrected chi connectivity index (χ2v) is 4.61. The molecule has 1 aromatic heterocycles. The first-order valence-electron chi connectivity index (χ1n) is 5.58. The maximum absolute atomic E-state index is 11.4. The van der Waals surface area contributed by atoms with E-state index in [4.69, 9.17) is 5.73 Å². The van der Waals surface area contributed by atoms with Gasteiger partial charge in [0.1, 0.15) is 5.01 Å². The summed E-state index contributed by atoms with van der Waals surface area (Å²) in [6.45, 7) is 2.71. The van der Waals surface area contributed by atoms with Crippen LogP contribution in [0.4, 0.5) is 5.13 Å². The molecule has 0 aliphatic carbocycles. The van der Waals surface area contributed by atoms with Gasteiger partial charge in [-0.2, -0.15) is 0 Å². The first kappa shape index (κ1) is 13.1. The van der Waals surface area contributed by atoms with Crippen LogP contribution in [0.3, 0.4) is 0 Å². The number of anilines is 1. The summed E-state index contributed by atoms with van der Waals surface area (Å²) in [7, 11) is 0. The molecule has 5 nitrogen and oxygen atoms in total. The molecule has 0 bridgehead atoms. The van der Waals surface area contributed by atoms with Gasteiger partial charge in [-0.3, -0.25) is 4.79 Å². The summed E-state index contributed by atoms with van der Waals surface area (Å²) in [5.41, 5.74) is 5.41. The lowest BCUT2D eigenvalue weighted by Gasteiger charge is -1.98. The molecule has 0 aromatic carbocycles. The normalized spacial score (nSPS) is 10.4. The summed E-state index contributed by atoms with van der Waals surface area (Å²) >= 11 is 1.42. The third-order valence-corrected chi connectivity index (χ3v) is 2.96. The first-order valence-corrected chi connectivity index (χ1v) is 6.40. The molecule has 0 aliphatic heterocycles. The second-order valence-electron chi connectivity index (χ2n) is 3.54. The van der Waals surface area contributed by atoms with Crippen LogP contribution in [-0.2, 0) is 11.2 Å². The van der Waals surface area contributed by atoms with Crippen molar-refractivity contribution in [1.82, 2.24) is 10.2 Å². The van der Waals surface area contributed by atoms with Gasteiger partial charge in [0.05, 0.1) is 0 Å². The minimum atomic E-state index is 0.0170. The average molecular weight is 242 g/mol. The third kappa shape index (κ3) is 4.67. The van der Waals surface area contributed by atoms with Gasteiger partial charge < -0.3 is 11.1 Å². The summed E-state index contributed by atoms with van der Waals surface area (Å²) in [5, 5.41) is 12.2. The molecule has 1 rings (SSSR count). The molecule has 16 heavy (non-hydrogen) atoms. The molecule has 0 unspecified atom stereocenters. The Morgan fingerprint density at radius 1 is 1.44 bits per heavy atom. The largest absolute Gasteiger partial charge is 0.330 e. The Bertz CT molecular complexity index is 326. The molecule has 0 radical (unpaired) electrons. The number of hydrogen-bond acceptors (Lipinski definition) is 5. The van der Waals surface area contributed by atoms with Crippen LogP contribution in [0.1, 0.15) is 37.6 Å². The number of nitrogens with one attached hydrogen (secondary N) is 1. The number of unbranched alkanes of at least 4 members (excludes halogenated alkanes) is 1. The van der Waals surface area contributed by atoms with Crippen molar-refractivity contribution in [3.8, 4) is 0 Å². The first-order chi connectivity index (χ1) is 7.76. The maximum atomic E-state index is 11.4. The van der Waals surface area contributed by atoms with E-state index in [1.54, 1.807) is 0 Å². The Labute approximate surface area is 99.5 Å². The van der Waals surface area contributed by atoms with Crippen LogP contribution in [0.2, 0.25) is 0 Å². The van der Waals surface area contributed by atoms with E-state index in [2.05, 4.69) is 22.4 Å². The number of carbonyl (C=O) groups is 1. The van der Waals surface area contributed by atoms with Gasteiger partial charge in [0.15, 0.2) is 0 Å². The molecule has 90 valence electrons. The van der Waals surface area contributed by atoms with E-state index >= 15 is 0 Å². The van der Waals surface area contributed by atoms with Crippen LogP contribution in [0.25, 0.3) is 0 Å². The van der Waals surface area contributed by atoms with E-state index in [0.29, 0.717) is 18.1 Å². The fourth-order valence-corrected chi connectivity index (χ4v) is 1.98. The van der Waals surface area contributed by atoms with Crippen molar-refractivity contribution in [2.24, 2.45) is 5.73 Å². The number of nitrogens with two attached hydrogens (primary N) is 1. The van der Waals surface area contributed by atoms with Gasteiger partial charge >= 0.3 is 0 Å². The van der Waals surface area contributed by atoms with Crippen LogP contribution in [0.5, 0.6) is 0 Å². The molecule has 0 spiro atoms. The van der Waals surface area contributed by atoms with Crippen LogP contribution in [0.15, 0.2) is 0 Å². The van der Waals surface area contributed by atoms with Crippen molar-refractivity contribution in [2.45, 2.75) is 39.0 Å². The minimum absolute atomic E-state index is 0.0170. The molecule has 3 N–H and O–H groups in total. The van der Waals surface area contributed by atoms with Crippen molar-refractivity contribution in [1.29, 1.82) is 0 Å². The summed E-state index contributed by atoms with van der Waals surface area (Å²) in [4.78, 5) is 11.4. The fraction of sp³-hybridized carbons (Fsp3) is 0.700. The van der Waals surface area contributed by atoms with E-state index in [1.807, 2.05) is 0 Å². The van der Waals surface area contributed by atoms with Crippen LogP contribution in [0, 0.1) is 0 Å². The molecule has 0 atom stereocenters. The molecule has 1 heterocycles. The summed E-state index contributed by atoms with van der Waals surface area (Å²) < 4.78 is 0. The number of aryl methyl sites for hydroxylation is 1. The van der Waals surface area contributed by atoms with E-state index in [-0.39, 0.29) is 5.91 Å². The van der Waals surface area contributed by atoms with E-state index in [0.717, 1.165) is 30.7 Å². The van der Waals surface area contributed by atoms with Gasteiger partial charge in [0.2, 0.25) is 11.0 Å². The van der Waals surface area contributed by atoms with Crippen molar-refractivity contribution >= 4 is 22.4 Å². The average Bonchev–Trinajstić information content (AvgIpc) is 2.71. The van der Waals surface area contributed by atoms with Crippen LogP contribution < -0.4 is 11.1 Å². The second kappa shape index (κ2) is 7.29. The SMILES string of the molecule is CCCCC(=O)Nc1nnc(CCCN)s1. The predicted molar refractivity (Wildman–Crippen MR) is 65.4 cm³/mol. The zero-order valence-electron chi connectivity index (χ0n) is 9.53.